The summed E-state index contributed by atoms with van der Waals surface area (Å²) in [5.41, 5.74) is -1.62. The van der Waals surface area contributed by atoms with E-state index in [1.165, 1.54) is 6.07 Å². The quantitative estimate of drug-likeness (QED) is 0.439. The van der Waals surface area contributed by atoms with Crippen LogP contribution in [-0.2, 0) is 10.0 Å². The van der Waals surface area contributed by atoms with E-state index in [0.29, 0.717) is 37.6 Å². The second-order valence-electron chi connectivity index (χ2n) is 10.8. The third kappa shape index (κ3) is 7.13. The fourth-order valence-electron chi connectivity index (χ4n) is 5.07. The number of allylic oxidation sites excluding steroid dienone is 3. The highest BCUT2D eigenvalue weighted by Crippen LogP contribution is 2.45. The first-order valence-electron chi connectivity index (χ1n) is 12.5. The number of hydrogen-bond donors (Lipinski definition) is 1. The van der Waals surface area contributed by atoms with Crippen LogP contribution in [0.4, 0.5) is 22.0 Å². The van der Waals surface area contributed by atoms with E-state index >= 15 is 0 Å². The molecule has 12 heteroatoms. The van der Waals surface area contributed by atoms with E-state index in [9.17, 15) is 35.2 Å². The maximum absolute atomic E-state index is 14.7. The molecule has 2 aliphatic carbocycles. The topological polar surface area (TPSA) is 75.7 Å². The number of carbonyl (C=O) groups excluding carboxylic acids is 1. The summed E-state index contributed by atoms with van der Waals surface area (Å²) in [6.07, 6.45) is 1.46. The summed E-state index contributed by atoms with van der Waals surface area (Å²) in [4.78, 5) is 14.3. The smallest absolute Gasteiger partial charge is 0.418 e. The van der Waals surface area contributed by atoms with Gasteiger partial charge in [0.15, 0.2) is 0 Å². The summed E-state index contributed by atoms with van der Waals surface area (Å²) < 4.78 is 98.1. The average Bonchev–Trinajstić information content (AvgIpc) is 3.61. The van der Waals surface area contributed by atoms with Gasteiger partial charge in [-0.3, -0.25) is 4.79 Å². The molecule has 210 valence electrons. The van der Waals surface area contributed by atoms with Crippen molar-refractivity contribution < 1.29 is 39.9 Å². The number of likely N-dealkylation sites (tertiary alicyclic amines) is 1. The molecule has 0 radical (unpaired) electrons. The summed E-state index contributed by atoms with van der Waals surface area (Å²) in [6, 6.07) is 2.50. The standard InChI is InChI=1S/C26H31F5N2O4S/c1-25(8-5-20(22(28)13-25)26(29,30)31)15-33-9-6-16(7-10-33)14-37-23-12-21(27)19(11-18(23)17-3-4-17)24(34)32-38(2,35)36/h5,11-13,16-17H,3-4,6-10,14-15H2,1-2H3,(H,32,34). The Bertz CT molecular complexity index is 1250. The predicted molar refractivity (Wildman–Crippen MR) is 131 cm³/mol. The number of carbonyl (C=O) groups is 1. The van der Waals surface area contributed by atoms with Crippen molar-refractivity contribution >= 4 is 15.9 Å². The van der Waals surface area contributed by atoms with Crippen LogP contribution < -0.4 is 9.46 Å². The summed E-state index contributed by atoms with van der Waals surface area (Å²) >= 11 is 0. The number of hydrogen-bond acceptors (Lipinski definition) is 5. The molecular formula is C26H31F5N2O4S. The molecule has 6 nitrogen and oxygen atoms in total. The van der Waals surface area contributed by atoms with Crippen molar-refractivity contribution in [3.63, 3.8) is 0 Å². The van der Waals surface area contributed by atoms with Gasteiger partial charge in [0, 0.05) is 18.0 Å². The summed E-state index contributed by atoms with van der Waals surface area (Å²) in [5, 5.41) is 0. The number of halogens is 5. The summed E-state index contributed by atoms with van der Waals surface area (Å²) in [7, 11) is -3.84. The zero-order valence-corrected chi connectivity index (χ0v) is 22.0. The highest BCUT2D eigenvalue weighted by atomic mass is 32.2. The maximum atomic E-state index is 14.7. The fourth-order valence-corrected chi connectivity index (χ4v) is 5.52. The molecule has 0 bridgehead atoms. The van der Waals surface area contributed by atoms with E-state index < -0.39 is 44.7 Å². The zero-order chi connectivity index (χ0) is 27.9. The summed E-state index contributed by atoms with van der Waals surface area (Å²) in [6.45, 7) is 3.85. The number of nitrogens with zero attached hydrogens (tertiary/aromatic N) is 1. The second kappa shape index (κ2) is 10.6. The molecule has 1 atom stereocenters. The van der Waals surface area contributed by atoms with Crippen molar-refractivity contribution in [2.75, 3.05) is 32.5 Å². The number of ether oxygens (including phenoxy) is 1. The van der Waals surface area contributed by atoms with E-state index in [1.807, 2.05) is 0 Å². The molecule has 38 heavy (non-hydrogen) atoms. The number of alkyl halides is 3. The van der Waals surface area contributed by atoms with Crippen molar-refractivity contribution in [1.29, 1.82) is 0 Å². The minimum atomic E-state index is -4.70. The molecule has 1 saturated heterocycles. The molecule has 1 N–H and O–H groups in total. The molecule has 0 spiro atoms. The van der Waals surface area contributed by atoms with E-state index in [-0.39, 0.29) is 23.8 Å². The van der Waals surface area contributed by atoms with Gasteiger partial charge in [-0.05, 0) is 74.7 Å². The Morgan fingerprint density at radius 3 is 2.37 bits per heavy atom. The van der Waals surface area contributed by atoms with Crippen LogP contribution >= 0.6 is 0 Å². The molecule has 0 aromatic heterocycles. The minimum absolute atomic E-state index is 0.103. The Labute approximate surface area is 219 Å². The molecule has 1 amide bonds. The van der Waals surface area contributed by atoms with Gasteiger partial charge < -0.3 is 9.64 Å². The summed E-state index contributed by atoms with van der Waals surface area (Å²) in [5.74, 6) is -2.51. The Morgan fingerprint density at radius 1 is 1.16 bits per heavy atom. The van der Waals surface area contributed by atoms with Crippen molar-refractivity contribution in [2.45, 2.75) is 51.1 Å². The number of benzene rings is 1. The molecule has 2 fully saturated rings. The first-order valence-corrected chi connectivity index (χ1v) is 14.4. The van der Waals surface area contributed by atoms with E-state index in [2.05, 4.69) is 4.90 Å². The van der Waals surface area contributed by atoms with Gasteiger partial charge in [0.1, 0.15) is 17.4 Å². The molecule has 1 aromatic carbocycles. The van der Waals surface area contributed by atoms with Crippen LogP contribution in [0.5, 0.6) is 5.75 Å². The number of rotatable bonds is 8. The van der Waals surface area contributed by atoms with Gasteiger partial charge in [0.25, 0.3) is 5.91 Å². The third-order valence-electron chi connectivity index (χ3n) is 7.22. The molecule has 1 heterocycles. The maximum Gasteiger partial charge on any atom is 0.418 e. The van der Waals surface area contributed by atoms with E-state index in [1.54, 1.807) is 11.6 Å². The van der Waals surface area contributed by atoms with Crippen molar-refractivity contribution in [3.05, 3.63) is 52.6 Å². The van der Waals surface area contributed by atoms with Gasteiger partial charge >= 0.3 is 6.18 Å². The number of piperidine rings is 1. The lowest BCUT2D eigenvalue weighted by molar-refractivity contribution is -0.0920. The first kappa shape index (κ1) is 28.5. The number of sulfonamides is 1. The minimum Gasteiger partial charge on any atom is -0.493 e. The van der Waals surface area contributed by atoms with Crippen LogP contribution in [0.25, 0.3) is 0 Å². The third-order valence-corrected chi connectivity index (χ3v) is 7.77. The van der Waals surface area contributed by atoms with E-state index in [4.69, 9.17) is 4.74 Å². The number of nitrogens with one attached hydrogen (secondary N) is 1. The van der Waals surface area contributed by atoms with Gasteiger partial charge in [0.2, 0.25) is 10.0 Å². The van der Waals surface area contributed by atoms with Gasteiger partial charge in [-0.15, -0.1) is 0 Å². The normalized spacial score (nSPS) is 23.6. The molecule has 1 aliphatic heterocycles. The Hall–Kier alpha value is -2.47. The van der Waals surface area contributed by atoms with Crippen LogP contribution in [-0.4, -0.2) is 57.9 Å². The highest BCUT2D eigenvalue weighted by molar-refractivity contribution is 7.89. The van der Waals surface area contributed by atoms with Gasteiger partial charge in [-0.1, -0.05) is 13.0 Å². The molecule has 1 aromatic rings. The Balaban J connectivity index is 1.33. The molecule has 1 unspecified atom stereocenters. The van der Waals surface area contributed by atoms with Crippen LogP contribution in [0.2, 0.25) is 0 Å². The van der Waals surface area contributed by atoms with Crippen molar-refractivity contribution in [3.8, 4) is 5.75 Å². The van der Waals surface area contributed by atoms with Crippen LogP contribution in [0.1, 0.15) is 60.9 Å². The Morgan fingerprint density at radius 2 is 1.82 bits per heavy atom. The number of amides is 1. The second-order valence-corrected chi connectivity index (χ2v) is 12.6. The lowest BCUT2D eigenvalue weighted by atomic mass is 9.80. The largest absolute Gasteiger partial charge is 0.493 e. The van der Waals surface area contributed by atoms with Crippen molar-refractivity contribution in [1.82, 2.24) is 9.62 Å². The first-order chi connectivity index (χ1) is 17.6. The average molecular weight is 563 g/mol. The molecule has 1 saturated carbocycles. The fraction of sp³-hybridized carbons (Fsp3) is 0.577. The van der Waals surface area contributed by atoms with Gasteiger partial charge in [-0.2, -0.15) is 13.2 Å². The van der Waals surface area contributed by atoms with Crippen LogP contribution in [0, 0.1) is 17.2 Å². The lowest BCUT2D eigenvalue weighted by Crippen LogP contribution is -2.42. The molecule has 4 rings (SSSR count). The van der Waals surface area contributed by atoms with Crippen LogP contribution in [0.15, 0.2) is 35.7 Å². The van der Waals surface area contributed by atoms with Crippen LogP contribution in [0.3, 0.4) is 0 Å². The SMILES string of the molecule is CC1(CN2CCC(COc3cc(F)c(C(=O)NS(C)(=O)=O)cc3C3CC3)CC2)C=C(F)C(C(F)(F)F)=CC1. The van der Waals surface area contributed by atoms with Gasteiger partial charge in [-0.25, -0.2) is 21.9 Å². The monoisotopic (exact) mass is 562 g/mol. The lowest BCUT2D eigenvalue weighted by Gasteiger charge is -2.38. The van der Waals surface area contributed by atoms with E-state index in [0.717, 1.165) is 50.2 Å². The Kier molecular flexibility index (Phi) is 7.96. The van der Waals surface area contributed by atoms with Crippen molar-refractivity contribution in [2.24, 2.45) is 11.3 Å². The molecular weight excluding hydrogens is 531 g/mol. The highest BCUT2D eigenvalue weighted by Gasteiger charge is 2.41. The van der Waals surface area contributed by atoms with Gasteiger partial charge in [0.05, 0.1) is 24.0 Å². The zero-order valence-electron chi connectivity index (χ0n) is 21.2. The predicted octanol–water partition coefficient (Wildman–Crippen LogP) is 5.24. The molecule has 3 aliphatic rings.